The third kappa shape index (κ3) is 8.45. The van der Waals surface area contributed by atoms with Gasteiger partial charge < -0.3 is 24.7 Å². The van der Waals surface area contributed by atoms with Crippen LogP contribution < -0.4 is 10.5 Å². The number of nitrogens with two attached hydrogens (primary N) is 1. The maximum Gasteiger partial charge on any atom is 0.145 e. The van der Waals surface area contributed by atoms with Crippen molar-refractivity contribution in [2.75, 3.05) is 33.0 Å². The summed E-state index contributed by atoms with van der Waals surface area (Å²) in [6.45, 7) is 4.60. The third-order valence-electron chi connectivity index (χ3n) is 2.87. The third-order valence-corrected chi connectivity index (χ3v) is 2.87. The van der Waals surface area contributed by atoms with Crippen molar-refractivity contribution in [1.29, 1.82) is 0 Å². The van der Waals surface area contributed by atoms with Crippen molar-refractivity contribution >= 4 is 6.29 Å². The zero-order valence-corrected chi connectivity index (χ0v) is 12.6. The molecule has 0 radical (unpaired) electrons. The average Bonchev–Trinajstić information content (AvgIpc) is 2.49. The molecule has 0 unspecified atom stereocenters. The molecule has 5 heteroatoms. The average molecular weight is 295 g/mol. The lowest BCUT2D eigenvalue weighted by Crippen LogP contribution is -2.07. The van der Waals surface area contributed by atoms with Crippen LogP contribution in [0.4, 0.5) is 0 Å². The molecule has 2 N–H and O–H groups in total. The fourth-order valence-electron chi connectivity index (χ4n) is 1.72. The summed E-state index contributed by atoms with van der Waals surface area (Å²) in [6, 6.07) is 7.88. The quantitative estimate of drug-likeness (QED) is 0.472. The summed E-state index contributed by atoms with van der Waals surface area (Å²) in [4.78, 5) is 10.0. The van der Waals surface area contributed by atoms with Crippen molar-refractivity contribution in [2.45, 2.75) is 25.8 Å². The van der Waals surface area contributed by atoms with Crippen LogP contribution in [0.3, 0.4) is 0 Å². The zero-order valence-electron chi connectivity index (χ0n) is 12.6. The molecule has 0 amide bonds. The number of aldehydes is 1. The molecule has 118 valence electrons. The number of benzene rings is 1. The molecule has 0 aliphatic rings. The predicted molar refractivity (Wildman–Crippen MR) is 81.5 cm³/mol. The SMILES string of the molecule is C[C@@H](N)c1ccc(OCCCOCCCOCC=O)cc1. The summed E-state index contributed by atoms with van der Waals surface area (Å²) in [6.07, 6.45) is 2.39. The van der Waals surface area contributed by atoms with Crippen molar-refractivity contribution in [3.8, 4) is 5.75 Å². The highest BCUT2D eigenvalue weighted by molar-refractivity contribution is 5.50. The first kappa shape index (κ1) is 17.6. The summed E-state index contributed by atoms with van der Waals surface area (Å²) in [5.74, 6) is 0.849. The van der Waals surface area contributed by atoms with Crippen LogP contribution in [0.5, 0.6) is 5.75 Å². The number of hydrogen-bond acceptors (Lipinski definition) is 5. The Hall–Kier alpha value is -1.43. The summed E-state index contributed by atoms with van der Waals surface area (Å²) in [7, 11) is 0. The first-order valence-electron chi connectivity index (χ1n) is 7.31. The number of rotatable bonds is 12. The molecule has 1 rings (SSSR count). The Kier molecular flexibility index (Phi) is 9.44. The van der Waals surface area contributed by atoms with E-state index in [1.54, 1.807) is 0 Å². The Labute approximate surface area is 126 Å². The van der Waals surface area contributed by atoms with Gasteiger partial charge in [-0.3, -0.25) is 0 Å². The van der Waals surface area contributed by atoms with Crippen LogP contribution in [-0.2, 0) is 14.3 Å². The summed E-state index contributed by atoms with van der Waals surface area (Å²) < 4.78 is 16.1. The number of carbonyl (C=O) groups is 1. The minimum atomic E-state index is 0.0444. The maximum atomic E-state index is 10.0. The Bertz CT molecular complexity index is 378. The second-order valence-electron chi connectivity index (χ2n) is 4.77. The number of hydrogen-bond donors (Lipinski definition) is 1. The lowest BCUT2D eigenvalue weighted by molar-refractivity contribution is -0.112. The van der Waals surface area contributed by atoms with Crippen LogP contribution in [0.25, 0.3) is 0 Å². The lowest BCUT2D eigenvalue weighted by Gasteiger charge is -2.09. The highest BCUT2D eigenvalue weighted by Gasteiger charge is 1.99. The first-order valence-corrected chi connectivity index (χ1v) is 7.31. The summed E-state index contributed by atoms with van der Waals surface area (Å²) >= 11 is 0. The normalized spacial score (nSPS) is 12.1. The molecule has 1 aromatic rings. The fraction of sp³-hybridized carbons (Fsp3) is 0.562. The Morgan fingerprint density at radius 1 is 1.05 bits per heavy atom. The largest absolute Gasteiger partial charge is 0.494 e. The van der Waals surface area contributed by atoms with Gasteiger partial charge in [-0.25, -0.2) is 0 Å². The molecule has 5 nitrogen and oxygen atoms in total. The van der Waals surface area contributed by atoms with Crippen LogP contribution in [0.1, 0.15) is 31.4 Å². The van der Waals surface area contributed by atoms with Crippen molar-refractivity contribution < 1.29 is 19.0 Å². The van der Waals surface area contributed by atoms with Gasteiger partial charge in [0.15, 0.2) is 0 Å². The van der Waals surface area contributed by atoms with Gasteiger partial charge in [-0.05, 0) is 31.0 Å². The molecule has 1 aromatic carbocycles. The van der Waals surface area contributed by atoms with Crippen molar-refractivity contribution in [1.82, 2.24) is 0 Å². The van der Waals surface area contributed by atoms with Crippen LogP contribution in [-0.4, -0.2) is 39.3 Å². The molecule has 0 aliphatic carbocycles. The summed E-state index contributed by atoms with van der Waals surface area (Å²) in [5.41, 5.74) is 6.89. The van der Waals surface area contributed by atoms with E-state index < -0.39 is 0 Å². The molecule has 0 aromatic heterocycles. The lowest BCUT2D eigenvalue weighted by atomic mass is 10.1. The number of carbonyl (C=O) groups excluding carboxylic acids is 1. The van der Waals surface area contributed by atoms with Crippen LogP contribution in [0, 0.1) is 0 Å². The molecule has 21 heavy (non-hydrogen) atoms. The van der Waals surface area contributed by atoms with Crippen molar-refractivity contribution in [3.63, 3.8) is 0 Å². The van der Waals surface area contributed by atoms with Gasteiger partial charge in [0.05, 0.1) is 6.61 Å². The Morgan fingerprint density at radius 3 is 2.29 bits per heavy atom. The van der Waals surface area contributed by atoms with Gasteiger partial charge in [-0.15, -0.1) is 0 Å². The topological polar surface area (TPSA) is 70.8 Å². The van der Waals surface area contributed by atoms with Crippen LogP contribution in [0.15, 0.2) is 24.3 Å². The van der Waals surface area contributed by atoms with E-state index in [9.17, 15) is 4.79 Å². The molecular weight excluding hydrogens is 270 g/mol. The van der Waals surface area contributed by atoms with Gasteiger partial charge in [0.25, 0.3) is 0 Å². The van der Waals surface area contributed by atoms with Crippen molar-refractivity contribution in [2.24, 2.45) is 5.73 Å². The van der Waals surface area contributed by atoms with Crippen LogP contribution >= 0.6 is 0 Å². The van der Waals surface area contributed by atoms with Crippen molar-refractivity contribution in [3.05, 3.63) is 29.8 Å². The smallest absolute Gasteiger partial charge is 0.145 e. The molecule has 0 heterocycles. The monoisotopic (exact) mass is 295 g/mol. The van der Waals surface area contributed by atoms with E-state index in [0.29, 0.717) is 26.4 Å². The summed E-state index contributed by atoms with van der Waals surface area (Å²) in [5, 5.41) is 0. The van der Waals surface area contributed by atoms with E-state index >= 15 is 0 Å². The number of ether oxygens (including phenoxy) is 3. The highest BCUT2D eigenvalue weighted by atomic mass is 16.5. The van der Waals surface area contributed by atoms with E-state index in [1.165, 1.54) is 0 Å². The van der Waals surface area contributed by atoms with Gasteiger partial charge in [-0.2, -0.15) is 0 Å². The first-order chi connectivity index (χ1) is 10.2. The molecule has 0 aliphatic heterocycles. The van der Waals surface area contributed by atoms with E-state index in [-0.39, 0.29) is 12.6 Å². The minimum Gasteiger partial charge on any atom is -0.494 e. The van der Waals surface area contributed by atoms with Gasteiger partial charge in [0, 0.05) is 32.3 Å². The molecule has 0 fully saturated rings. The minimum absolute atomic E-state index is 0.0444. The van der Waals surface area contributed by atoms with E-state index in [0.717, 1.165) is 30.4 Å². The standard InChI is InChI=1S/C16H25NO4/c1-14(17)15-4-6-16(7-5-15)21-12-3-11-19-9-2-10-20-13-8-18/h4-8,14H,2-3,9-13,17H2,1H3/t14-/m1/s1. The van der Waals surface area contributed by atoms with Gasteiger partial charge in [-0.1, -0.05) is 12.1 Å². The Morgan fingerprint density at radius 2 is 1.67 bits per heavy atom. The second kappa shape index (κ2) is 11.3. The molecular formula is C16H25NO4. The molecule has 0 saturated heterocycles. The molecule has 0 bridgehead atoms. The molecule has 0 spiro atoms. The van der Waals surface area contributed by atoms with Gasteiger partial charge >= 0.3 is 0 Å². The second-order valence-corrected chi connectivity index (χ2v) is 4.77. The van der Waals surface area contributed by atoms with E-state index in [4.69, 9.17) is 19.9 Å². The van der Waals surface area contributed by atoms with Gasteiger partial charge in [0.1, 0.15) is 18.6 Å². The van der Waals surface area contributed by atoms with E-state index in [2.05, 4.69) is 0 Å². The highest BCUT2D eigenvalue weighted by Crippen LogP contribution is 2.16. The molecule has 1 atom stereocenters. The van der Waals surface area contributed by atoms with Crippen LogP contribution in [0.2, 0.25) is 0 Å². The predicted octanol–water partition coefficient (Wildman–Crippen LogP) is 2.10. The van der Waals surface area contributed by atoms with E-state index in [1.807, 2.05) is 31.2 Å². The Balaban J connectivity index is 1.97. The fourth-order valence-corrected chi connectivity index (χ4v) is 1.72. The maximum absolute atomic E-state index is 10.0. The zero-order chi connectivity index (χ0) is 15.3. The van der Waals surface area contributed by atoms with Gasteiger partial charge in [0.2, 0.25) is 0 Å². The molecule has 0 saturated carbocycles.